The molecule has 5 nitrogen and oxygen atoms in total. The minimum absolute atomic E-state index is 0.0314. The van der Waals surface area contributed by atoms with Gasteiger partial charge in [0.2, 0.25) is 0 Å². The zero-order valence-electron chi connectivity index (χ0n) is 9.81. The zero-order chi connectivity index (χ0) is 13.8. The predicted molar refractivity (Wildman–Crippen MR) is 69.8 cm³/mol. The highest BCUT2D eigenvalue weighted by molar-refractivity contribution is 7.90. The Labute approximate surface area is 111 Å². The first-order valence-electron chi connectivity index (χ1n) is 5.24. The Morgan fingerprint density at radius 2 is 2.11 bits per heavy atom. The second-order valence-corrected chi connectivity index (χ2v) is 6.57. The summed E-state index contributed by atoms with van der Waals surface area (Å²) in [6, 6.07) is 4.11. The van der Waals surface area contributed by atoms with Crippen LogP contribution in [-0.4, -0.2) is 38.0 Å². The summed E-state index contributed by atoms with van der Waals surface area (Å²) in [5, 5.41) is 11.9. The Balaban J connectivity index is 2.48. The van der Waals surface area contributed by atoms with Crippen molar-refractivity contribution in [3.63, 3.8) is 0 Å². The van der Waals surface area contributed by atoms with Gasteiger partial charge >= 0.3 is 0 Å². The van der Waals surface area contributed by atoms with Crippen molar-refractivity contribution in [1.82, 2.24) is 5.32 Å². The van der Waals surface area contributed by atoms with E-state index in [1.165, 1.54) is 18.2 Å². The summed E-state index contributed by atoms with van der Waals surface area (Å²) in [7, 11) is -3.00. The maximum absolute atomic E-state index is 11.6. The van der Waals surface area contributed by atoms with Crippen molar-refractivity contribution in [1.29, 1.82) is 0 Å². The van der Waals surface area contributed by atoms with Gasteiger partial charge in [0.15, 0.2) is 0 Å². The van der Waals surface area contributed by atoms with Gasteiger partial charge in [0.05, 0.1) is 10.8 Å². The molecule has 1 aromatic rings. The SMILES string of the molecule is CS(=O)(=O)CCCNC(=O)c1ccc(O)c(Cl)c1. The van der Waals surface area contributed by atoms with Crippen molar-refractivity contribution >= 4 is 27.3 Å². The molecule has 0 saturated carbocycles. The molecule has 0 spiro atoms. The molecule has 0 heterocycles. The molecule has 1 aromatic carbocycles. The third-order valence-electron chi connectivity index (χ3n) is 2.19. The number of carbonyl (C=O) groups excluding carboxylic acids is 1. The maximum Gasteiger partial charge on any atom is 0.251 e. The molecule has 18 heavy (non-hydrogen) atoms. The topological polar surface area (TPSA) is 83.5 Å². The van der Waals surface area contributed by atoms with Crippen molar-refractivity contribution in [2.45, 2.75) is 6.42 Å². The molecule has 0 fully saturated rings. The molecular formula is C11H14ClNO4S. The van der Waals surface area contributed by atoms with Gasteiger partial charge in [0, 0.05) is 18.4 Å². The molecule has 2 N–H and O–H groups in total. The molecule has 1 rings (SSSR count). The van der Waals surface area contributed by atoms with Gasteiger partial charge in [-0.05, 0) is 24.6 Å². The summed E-state index contributed by atoms with van der Waals surface area (Å²) in [5.74, 6) is -0.417. The van der Waals surface area contributed by atoms with E-state index in [0.29, 0.717) is 12.0 Å². The highest BCUT2D eigenvalue weighted by atomic mass is 35.5. The van der Waals surface area contributed by atoms with Crippen molar-refractivity contribution in [2.75, 3.05) is 18.6 Å². The molecule has 0 saturated heterocycles. The number of nitrogens with one attached hydrogen (secondary N) is 1. The fourth-order valence-corrected chi connectivity index (χ4v) is 2.14. The first-order chi connectivity index (χ1) is 8.29. The van der Waals surface area contributed by atoms with Crippen molar-refractivity contribution in [2.24, 2.45) is 0 Å². The Morgan fingerprint density at radius 1 is 1.44 bits per heavy atom. The van der Waals surface area contributed by atoms with Gasteiger partial charge in [-0.2, -0.15) is 0 Å². The normalized spacial score (nSPS) is 11.2. The molecule has 7 heteroatoms. The van der Waals surface area contributed by atoms with Crippen LogP contribution in [0.5, 0.6) is 5.75 Å². The van der Waals surface area contributed by atoms with E-state index in [0.717, 1.165) is 6.26 Å². The minimum atomic E-state index is -3.00. The molecule has 0 bridgehead atoms. The molecule has 0 unspecified atom stereocenters. The van der Waals surface area contributed by atoms with E-state index in [1.807, 2.05) is 0 Å². The van der Waals surface area contributed by atoms with Crippen LogP contribution in [0.15, 0.2) is 18.2 Å². The summed E-state index contributed by atoms with van der Waals surface area (Å²) in [6.07, 6.45) is 1.50. The number of sulfone groups is 1. The van der Waals surface area contributed by atoms with E-state index in [1.54, 1.807) is 0 Å². The Bertz CT molecular complexity index is 542. The largest absolute Gasteiger partial charge is 0.506 e. The fraction of sp³-hybridized carbons (Fsp3) is 0.364. The standard InChI is InChI=1S/C11H14ClNO4S/c1-18(16,17)6-2-5-13-11(15)8-3-4-10(14)9(12)7-8/h3-4,7,14H,2,5-6H2,1H3,(H,13,15). The lowest BCUT2D eigenvalue weighted by Crippen LogP contribution is -2.25. The number of benzene rings is 1. The Kier molecular flexibility index (Phi) is 4.98. The molecule has 0 atom stereocenters. The monoisotopic (exact) mass is 291 g/mol. The van der Waals surface area contributed by atoms with E-state index in [-0.39, 0.29) is 29.0 Å². The van der Waals surface area contributed by atoms with Crippen molar-refractivity contribution in [3.05, 3.63) is 28.8 Å². The zero-order valence-corrected chi connectivity index (χ0v) is 11.4. The third-order valence-corrected chi connectivity index (χ3v) is 3.52. The highest BCUT2D eigenvalue weighted by Crippen LogP contribution is 2.23. The number of rotatable bonds is 5. The van der Waals surface area contributed by atoms with Gasteiger partial charge in [0.1, 0.15) is 15.6 Å². The van der Waals surface area contributed by atoms with Crippen LogP contribution in [0.25, 0.3) is 0 Å². The van der Waals surface area contributed by atoms with E-state index >= 15 is 0 Å². The number of amides is 1. The number of hydrogen-bond acceptors (Lipinski definition) is 4. The van der Waals surface area contributed by atoms with Crippen LogP contribution < -0.4 is 5.32 Å². The fourth-order valence-electron chi connectivity index (χ4n) is 1.29. The number of aromatic hydroxyl groups is 1. The average Bonchev–Trinajstić information content (AvgIpc) is 2.26. The van der Waals surface area contributed by atoms with Crippen LogP contribution in [0.4, 0.5) is 0 Å². The average molecular weight is 292 g/mol. The first-order valence-corrected chi connectivity index (χ1v) is 7.68. The maximum atomic E-state index is 11.6. The molecule has 1 amide bonds. The van der Waals surface area contributed by atoms with Gasteiger partial charge in [-0.15, -0.1) is 0 Å². The number of phenolic OH excluding ortho intramolecular Hbond substituents is 1. The molecule has 0 aliphatic heterocycles. The van der Waals surface area contributed by atoms with Crippen molar-refractivity contribution < 1.29 is 18.3 Å². The molecule has 0 aromatic heterocycles. The number of halogens is 1. The lowest BCUT2D eigenvalue weighted by atomic mass is 10.2. The number of carbonyl (C=O) groups is 1. The van der Waals surface area contributed by atoms with Crippen LogP contribution >= 0.6 is 11.6 Å². The molecular weight excluding hydrogens is 278 g/mol. The summed E-state index contributed by atoms with van der Waals surface area (Å²) >= 11 is 5.67. The van der Waals surface area contributed by atoms with Gasteiger partial charge in [0.25, 0.3) is 5.91 Å². The van der Waals surface area contributed by atoms with Crippen LogP contribution in [0, 0.1) is 0 Å². The number of phenols is 1. The van der Waals surface area contributed by atoms with E-state index < -0.39 is 9.84 Å². The van der Waals surface area contributed by atoms with Crippen LogP contribution in [0.3, 0.4) is 0 Å². The van der Waals surface area contributed by atoms with Gasteiger partial charge in [-0.3, -0.25) is 4.79 Å². The van der Waals surface area contributed by atoms with E-state index in [2.05, 4.69) is 5.32 Å². The van der Waals surface area contributed by atoms with E-state index in [4.69, 9.17) is 11.6 Å². The predicted octanol–water partition coefficient (Wildman–Crippen LogP) is 1.21. The van der Waals surface area contributed by atoms with Gasteiger partial charge in [-0.25, -0.2) is 8.42 Å². The minimum Gasteiger partial charge on any atom is -0.506 e. The lowest BCUT2D eigenvalue weighted by molar-refractivity contribution is 0.0953. The van der Waals surface area contributed by atoms with E-state index in [9.17, 15) is 18.3 Å². The summed E-state index contributed by atoms with van der Waals surface area (Å²) in [5.41, 5.74) is 0.317. The number of hydrogen-bond donors (Lipinski definition) is 2. The molecule has 0 aliphatic rings. The molecule has 0 radical (unpaired) electrons. The summed E-state index contributed by atoms with van der Waals surface area (Å²) in [6.45, 7) is 0.268. The van der Waals surface area contributed by atoms with Gasteiger partial charge < -0.3 is 10.4 Å². The van der Waals surface area contributed by atoms with Crippen LogP contribution in [0.1, 0.15) is 16.8 Å². The second kappa shape index (κ2) is 6.06. The van der Waals surface area contributed by atoms with Crippen LogP contribution in [-0.2, 0) is 9.84 Å². The molecule has 0 aliphatic carbocycles. The van der Waals surface area contributed by atoms with Crippen molar-refractivity contribution in [3.8, 4) is 5.75 Å². The lowest BCUT2D eigenvalue weighted by Gasteiger charge is -2.05. The van der Waals surface area contributed by atoms with Crippen LogP contribution in [0.2, 0.25) is 5.02 Å². The van der Waals surface area contributed by atoms with Gasteiger partial charge in [-0.1, -0.05) is 11.6 Å². The molecule has 100 valence electrons. The smallest absolute Gasteiger partial charge is 0.251 e. The third kappa shape index (κ3) is 4.93. The Hall–Kier alpha value is -1.27. The second-order valence-electron chi connectivity index (χ2n) is 3.91. The summed E-state index contributed by atoms with van der Waals surface area (Å²) < 4.78 is 21.7. The Morgan fingerprint density at radius 3 is 2.67 bits per heavy atom. The highest BCUT2D eigenvalue weighted by Gasteiger charge is 2.08. The first kappa shape index (κ1) is 14.8. The summed E-state index contributed by atoms with van der Waals surface area (Å²) in [4.78, 5) is 11.6. The quantitative estimate of drug-likeness (QED) is 0.799.